The fraction of sp³-hybridized carbons (Fsp3) is 0.300. The van der Waals surface area contributed by atoms with Gasteiger partial charge in [0.2, 0.25) is 0 Å². The van der Waals surface area contributed by atoms with Crippen molar-refractivity contribution in [1.29, 1.82) is 0 Å². The number of hydrogen-bond donors (Lipinski definition) is 2. The molecular formula is C20H23F2NO4. The zero-order chi connectivity index (χ0) is 20.6. The minimum Gasteiger partial charge on any atom is -0.507 e. The first-order chi connectivity index (χ1) is 12.8. The van der Waals surface area contributed by atoms with E-state index < -0.39 is 23.5 Å². The van der Waals surface area contributed by atoms with Crippen molar-refractivity contribution in [2.75, 3.05) is 13.2 Å². The molecule has 0 heterocycles. The second kappa shape index (κ2) is 10.3. The van der Waals surface area contributed by atoms with Gasteiger partial charge in [-0.05, 0) is 49.2 Å². The lowest BCUT2D eigenvalue weighted by Gasteiger charge is -2.12. The smallest absolute Gasteiger partial charge is 0.325 e. The molecule has 0 radical (unpaired) electrons. The lowest BCUT2D eigenvalue weighted by Crippen LogP contribution is -2.30. The maximum absolute atomic E-state index is 14.0. The number of aryl methyl sites for hydroxylation is 1. The van der Waals surface area contributed by atoms with Crippen LogP contribution in [0.4, 0.5) is 8.78 Å². The zero-order valence-corrected chi connectivity index (χ0v) is 15.7. The predicted molar refractivity (Wildman–Crippen MR) is 98.5 cm³/mol. The number of ether oxygens (including phenoxy) is 1. The quantitative estimate of drug-likeness (QED) is 0.771. The van der Waals surface area contributed by atoms with E-state index in [-0.39, 0.29) is 30.0 Å². The lowest BCUT2D eigenvalue weighted by molar-refractivity contribution is -0.141. The number of benzene rings is 2. The third-order valence-electron chi connectivity index (χ3n) is 3.49. The van der Waals surface area contributed by atoms with Crippen LogP contribution in [0.25, 0.3) is 11.1 Å². The Morgan fingerprint density at radius 3 is 2.41 bits per heavy atom. The summed E-state index contributed by atoms with van der Waals surface area (Å²) in [6, 6.07) is 5.84. The van der Waals surface area contributed by atoms with Crippen LogP contribution in [0.5, 0.6) is 5.75 Å². The van der Waals surface area contributed by atoms with E-state index >= 15 is 0 Å². The fourth-order valence-corrected chi connectivity index (χ4v) is 2.29. The number of phenols is 1. The highest BCUT2D eigenvalue weighted by molar-refractivity contribution is 6.00. The minimum atomic E-state index is -0.789. The van der Waals surface area contributed by atoms with Gasteiger partial charge in [0.1, 0.15) is 23.9 Å². The summed E-state index contributed by atoms with van der Waals surface area (Å²) >= 11 is 0. The number of carbonyl (C=O) groups is 2. The Kier molecular flexibility index (Phi) is 8.38. The molecule has 1 amide bonds. The van der Waals surface area contributed by atoms with Crippen LogP contribution in [0, 0.1) is 18.6 Å². The average Bonchev–Trinajstić information content (AvgIpc) is 2.64. The zero-order valence-electron chi connectivity index (χ0n) is 15.7. The molecule has 27 heavy (non-hydrogen) atoms. The molecule has 2 rings (SSSR count). The summed E-state index contributed by atoms with van der Waals surface area (Å²) in [6.45, 7) is 7.00. The van der Waals surface area contributed by atoms with Gasteiger partial charge in [0.15, 0.2) is 0 Å². The van der Waals surface area contributed by atoms with Gasteiger partial charge in [0, 0.05) is 11.6 Å². The number of amides is 1. The van der Waals surface area contributed by atoms with Crippen molar-refractivity contribution < 1.29 is 28.2 Å². The Morgan fingerprint density at radius 1 is 1.15 bits per heavy atom. The van der Waals surface area contributed by atoms with E-state index in [1.807, 2.05) is 13.8 Å². The van der Waals surface area contributed by atoms with Crippen molar-refractivity contribution in [3.63, 3.8) is 0 Å². The van der Waals surface area contributed by atoms with Crippen LogP contribution in [-0.2, 0) is 9.53 Å². The second-order valence-corrected chi connectivity index (χ2v) is 5.30. The molecule has 2 aromatic rings. The van der Waals surface area contributed by atoms with Crippen molar-refractivity contribution in [1.82, 2.24) is 5.32 Å². The summed E-state index contributed by atoms with van der Waals surface area (Å²) in [5, 5.41) is 12.4. The number of hydrogen-bond acceptors (Lipinski definition) is 4. The summed E-state index contributed by atoms with van der Waals surface area (Å²) in [7, 11) is 0. The van der Waals surface area contributed by atoms with Crippen LogP contribution in [0.3, 0.4) is 0 Å². The fourth-order valence-electron chi connectivity index (χ4n) is 2.29. The first-order valence-electron chi connectivity index (χ1n) is 8.56. The van der Waals surface area contributed by atoms with E-state index in [2.05, 4.69) is 5.32 Å². The number of esters is 1. The third kappa shape index (κ3) is 5.77. The van der Waals surface area contributed by atoms with Crippen molar-refractivity contribution in [2.24, 2.45) is 0 Å². The maximum Gasteiger partial charge on any atom is 0.325 e. The van der Waals surface area contributed by atoms with E-state index in [4.69, 9.17) is 4.74 Å². The van der Waals surface area contributed by atoms with E-state index in [0.29, 0.717) is 11.1 Å². The predicted octanol–water partition coefficient (Wildman–Crippen LogP) is 3.96. The monoisotopic (exact) mass is 379 g/mol. The van der Waals surface area contributed by atoms with Gasteiger partial charge in [-0.25, -0.2) is 8.78 Å². The Balaban J connectivity index is 0.00000176. The number of aromatic hydroxyl groups is 1. The van der Waals surface area contributed by atoms with Crippen molar-refractivity contribution >= 4 is 11.9 Å². The minimum absolute atomic E-state index is 0.0870. The van der Waals surface area contributed by atoms with Crippen LogP contribution in [-0.4, -0.2) is 30.1 Å². The van der Waals surface area contributed by atoms with E-state index in [0.717, 1.165) is 12.1 Å². The second-order valence-electron chi connectivity index (χ2n) is 5.30. The summed E-state index contributed by atoms with van der Waals surface area (Å²) in [6.07, 6.45) is 0. The van der Waals surface area contributed by atoms with Crippen LogP contribution >= 0.6 is 0 Å². The molecule has 5 nitrogen and oxygen atoms in total. The summed E-state index contributed by atoms with van der Waals surface area (Å²) in [5.74, 6) is -3.12. The van der Waals surface area contributed by atoms with Crippen LogP contribution in [0.15, 0.2) is 30.3 Å². The summed E-state index contributed by atoms with van der Waals surface area (Å²) in [4.78, 5) is 23.5. The highest BCUT2D eigenvalue weighted by atomic mass is 19.1. The van der Waals surface area contributed by atoms with E-state index in [1.54, 1.807) is 13.8 Å². The van der Waals surface area contributed by atoms with Gasteiger partial charge in [-0.15, -0.1) is 0 Å². The van der Waals surface area contributed by atoms with Crippen LogP contribution in [0.1, 0.15) is 36.7 Å². The molecule has 0 saturated carbocycles. The Morgan fingerprint density at radius 2 is 1.81 bits per heavy atom. The van der Waals surface area contributed by atoms with Crippen molar-refractivity contribution in [3.05, 3.63) is 53.1 Å². The number of rotatable bonds is 5. The lowest BCUT2D eigenvalue weighted by atomic mass is 9.98. The Hall–Kier alpha value is -2.96. The molecule has 0 aromatic heterocycles. The number of phenolic OH excluding ortho intramolecular Hbond substituents is 1. The first-order valence-corrected chi connectivity index (χ1v) is 8.56. The normalized spacial score (nSPS) is 9.85. The van der Waals surface area contributed by atoms with Gasteiger partial charge >= 0.3 is 5.97 Å². The Bertz CT molecular complexity index is 822. The highest BCUT2D eigenvalue weighted by Crippen LogP contribution is 2.31. The molecule has 7 heteroatoms. The molecule has 0 bridgehead atoms. The largest absolute Gasteiger partial charge is 0.507 e. The molecule has 0 atom stereocenters. The molecule has 0 unspecified atom stereocenters. The number of nitrogens with one attached hydrogen (secondary N) is 1. The topological polar surface area (TPSA) is 75.6 Å². The molecule has 0 spiro atoms. The van der Waals surface area contributed by atoms with Crippen molar-refractivity contribution in [2.45, 2.75) is 27.7 Å². The number of carbonyl (C=O) groups excluding carboxylic acids is 2. The molecule has 0 aliphatic rings. The van der Waals surface area contributed by atoms with Gasteiger partial charge in [0.05, 0.1) is 12.2 Å². The van der Waals surface area contributed by atoms with Crippen molar-refractivity contribution in [3.8, 4) is 16.9 Å². The molecule has 2 aromatic carbocycles. The maximum atomic E-state index is 14.0. The standard InChI is InChI=1S/C18H17F2NO4.C2H6/c1-3-25-16(22)9-21-18(24)14-7-11(6-10(2)17(14)23)13-5-4-12(19)8-15(13)20;1-2/h4-8,23H,3,9H2,1-2H3,(H,21,24);1-2H3. The van der Waals surface area contributed by atoms with Crippen LogP contribution in [0.2, 0.25) is 0 Å². The SMILES string of the molecule is CC.CCOC(=O)CNC(=O)c1cc(-c2ccc(F)cc2F)cc(C)c1O. The van der Waals surface area contributed by atoms with Gasteiger partial charge in [-0.2, -0.15) is 0 Å². The molecule has 146 valence electrons. The first kappa shape index (κ1) is 22.1. The molecule has 0 fully saturated rings. The van der Waals surface area contributed by atoms with E-state index in [1.165, 1.54) is 18.2 Å². The van der Waals surface area contributed by atoms with Gasteiger partial charge in [-0.3, -0.25) is 9.59 Å². The molecule has 0 saturated heterocycles. The summed E-state index contributed by atoms with van der Waals surface area (Å²) < 4.78 is 31.7. The summed E-state index contributed by atoms with van der Waals surface area (Å²) in [5.41, 5.74) is 0.601. The van der Waals surface area contributed by atoms with Gasteiger partial charge in [-0.1, -0.05) is 13.8 Å². The molecule has 2 N–H and O–H groups in total. The molecule has 0 aliphatic carbocycles. The molecular weight excluding hydrogens is 356 g/mol. The highest BCUT2D eigenvalue weighted by Gasteiger charge is 2.18. The van der Waals surface area contributed by atoms with Crippen LogP contribution < -0.4 is 5.32 Å². The third-order valence-corrected chi connectivity index (χ3v) is 3.49. The average molecular weight is 379 g/mol. The van der Waals surface area contributed by atoms with E-state index in [9.17, 15) is 23.5 Å². The van der Waals surface area contributed by atoms with Gasteiger partial charge in [0.25, 0.3) is 5.91 Å². The number of halogens is 2. The Labute approximate surface area is 157 Å². The molecule has 0 aliphatic heterocycles. The van der Waals surface area contributed by atoms with Gasteiger partial charge < -0.3 is 15.2 Å².